The van der Waals surface area contributed by atoms with Crippen molar-refractivity contribution in [2.75, 3.05) is 6.61 Å². The lowest BCUT2D eigenvalue weighted by Crippen LogP contribution is -2.08. The standard InChI is InChI=1S/C36H48O3/c1-4-6-8-10-11-13-19-36(37)39-29(3)30-20-22-31(23-21-30)34-17-14-15-18-35(34)32-24-26-33(27-25-32)38-28-16-12-9-7-5-2/h14-15,17-18,20-27,29H,4-13,16,19,28H2,1-3H3. The van der Waals surface area contributed by atoms with Crippen LogP contribution >= 0.6 is 0 Å². The third kappa shape index (κ3) is 10.5. The van der Waals surface area contributed by atoms with Gasteiger partial charge >= 0.3 is 5.97 Å². The van der Waals surface area contributed by atoms with Crippen LogP contribution in [0.4, 0.5) is 0 Å². The summed E-state index contributed by atoms with van der Waals surface area (Å²) in [7, 11) is 0. The zero-order valence-corrected chi connectivity index (χ0v) is 24.4. The molecule has 1 unspecified atom stereocenters. The van der Waals surface area contributed by atoms with Crippen molar-refractivity contribution in [3.8, 4) is 28.0 Å². The van der Waals surface area contributed by atoms with Gasteiger partial charge in [-0.2, -0.15) is 0 Å². The Morgan fingerprint density at radius 2 is 1.15 bits per heavy atom. The predicted octanol–water partition coefficient (Wildman–Crippen LogP) is 10.7. The number of carbonyl (C=O) groups excluding carboxylic acids is 1. The van der Waals surface area contributed by atoms with E-state index in [0.717, 1.165) is 42.7 Å². The molecule has 0 radical (unpaired) electrons. The molecule has 0 heterocycles. The normalized spacial score (nSPS) is 11.8. The molecule has 3 aromatic carbocycles. The van der Waals surface area contributed by atoms with Crippen molar-refractivity contribution in [1.82, 2.24) is 0 Å². The van der Waals surface area contributed by atoms with E-state index in [4.69, 9.17) is 9.47 Å². The average molecular weight is 529 g/mol. The summed E-state index contributed by atoms with van der Waals surface area (Å²) < 4.78 is 11.7. The molecular formula is C36H48O3. The van der Waals surface area contributed by atoms with Gasteiger partial charge < -0.3 is 9.47 Å². The summed E-state index contributed by atoms with van der Waals surface area (Å²) >= 11 is 0. The van der Waals surface area contributed by atoms with Crippen molar-refractivity contribution in [3.05, 3.63) is 78.4 Å². The molecular weight excluding hydrogens is 480 g/mol. The van der Waals surface area contributed by atoms with E-state index in [9.17, 15) is 4.79 Å². The van der Waals surface area contributed by atoms with Crippen LogP contribution in [-0.2, 0) is 9.53 Å². The third-order valence-electron chi connectivity index (χ3n) is 7.34. The Bertz CT molecular complexity index is 1090. The Labute approximate surface area is 237 Å². The first-order valence-corrected chi connectivity index (χ1v) is 15.2. The Kier molecular flexibility index (Phi) is 13.7. The lowest BCUT2D eigenvalue weighted by molar-refractivity contribution is -0.148. The minimum Gasteiger partial charge on any atom is -0.494 e. The zero-order valence-electron chi connectivity index (χ0n) is 24.4. The Hall–Kier alpha value is -3.07. The Morgan fingerprint density at radius 3 is 1.74 bits per heavy atom. The molecule has 0 aromatic heterocycles. The van der Waals surface area contributed by atoms with Crippen LogP contribution in [0.2, 0.25) is 0 Å². The van der Waals surface area contributed by atoms with E-state index in [0.29, 0.717) is 6.42 Å². The maximum absolute atomic E-state index is 12.3. The second-order valence-corrected chi connectivity index (χ2v) is 10.6. The van der Waals surface area contributed by atoms with Crippen molar-refractivity contribution in [1.29, 1.82) is 0 Å². The molecule has 0 spiro atoms. The highest BCUT2D eigenvalue weighted by Gasteiger charge is 2.13. The van der Waals surface area contributed by atoms with E-state index in [-0.39, 0.29) is 12.1 Å². The molecule has 3 aromatic rings. The van der Waals surface area contributed by atoms with Crippen molar-refractivity contribution >= 4 is 5.97 Å². The molecule has 3 nitrogen and oxygen atoms in total. The van der Waals surface area contributed by atoms with Gasteiger partial charge in [0.25, 0.3) is 0 Å². The smallest absolute Gasteiger partial charge is 0.306 e. The van der Waals surface area contributed by atoms with Gasteiger partial charge in [0.1, 0.15) is 11.9 Å². The van der Waals surface area contributed by atoms with Crippen LogP contribution in [0.1, 0.15) is 109 Å². The van der Waals surface area contributed by atoms with Crippen LogP contribution in [0.5, 0.6) is 5.75 Å². The molecule has 0 saturated carbocycles. The van der Waals surface area contributed by atoms with Gasteiger partial charge in [-0.3, -0.25) is 4.79 Å². The summed E-state index contributed by atoms with van der Waals surface area (Å²) in [5, 5.41) is 0. The van der Waals surface area contributed by atoms with E-state index >= 15 is 0 Å². The predicted molar refractivity (Wildman–Crippen MR) is 164 cm³/mol. The number of esters is 1. The fraction of sp³-hybridized carbons (Fsp3) is 0.472. The van der Waals surface area contributed by atoms with Crippen LogP contribution in [0, 0.1) is 0 Å². The number of carbonyl (C=O) groups is 1. The van der Waals surface area contributed by atoms with E-state index in [1.807, 2.05) is 6.92 Å². The average Bonchev–Trinajstić information content (AvgIpc) is 2.97. The molecule has 39 heavy (non-hydrogen) atoms. The maximum atomic E-state index is 12.3. The molecule has 210 valence electrons. The Balaban J connectivity index is 1.55. The molecule has 0 N–H and O–H groups in total. The molecule has 0 fully saturated rings. The topological polar surface area (TPSA) is 35.5 Å². The second kappa shape index (κ2) is 17.5. The number of unbranched alkanes of at least 4 members (excludes halogenated alkanes) is 9. The first-order chi connectivity index (χ1) is 19.1. The van der Waals surface area contributed by atoms with Gasteiger partial charge in [-0.25, -0.2) is 0 Å². The highest BCUT2D eigenvalue weighted by Crippen LogP contribution is 2.33. The summed E-state index contributed by atoms with van der Waals surface area (Å²) in [5.74, 6) is 0.826. The molecule has 0 aliphatic rings. The summed E-state index contributed by atoms with van der Waals surface area (Å²) in [4.78, 5) is 12.3. The minimum atomic E-state index is -0.249. The molecule has 0 saturated heterocycles. The highest BCUT2D eigenvalue weighted by atomic mass is 16.5. The molecule has 0 aliphatic carbocycles. The van der Waals surface area contributed by atoms with Gasteiger partial charge in [-0.1, -0.05) is 132 Å². The SMILES string of the molecule is CCCCCCCCC(=O)OC(C)c1ccc(-c2ccccc2-c2ccc(OCCCCCCC)cc2)cc1. The fourth-order valence-corrected chi connectivity index (χ4v) is 4.92. The molecule has 3 rings (SSSR count). The summed E-state index contributed by atoms with van der Waals surface area (Å²) in [6, 6.07) is 25.3. The minimum absolute atomic E-state index is 0.101. The van der Waals surface area contributed by atoms with E-state index in [1.165, 1.54) is 68.1 Å². The number of ether oxygens (including phenoxy) is 2. The van der Waals surface area contributed by atoms with E-state index in [2.05, 4.69) is 86.6 Å². The number of benzene rings is 3. The van der Waals surface area contributed by atoms with Gasteiger partial charge in [0.15, 0.2) is 0 Å². The third-order valence-corrected chi connectivity index (χ3v) is 7.34. The summed E-state index contributed by atoms with van der Waals surface area (Å²) in [6.07, 6.45) is 13.5. The van der Waals surface area contributed by atoms with Crippen molar-refractivity contribution < 1.29 is 14.3 Å². The van der Waals surface area contributed by atoms with E-state index < -0.39 is 0 Å². The first-order valence-electron chi connectivity index (χ1n) is 15.2. The fourth-order valence-electron chi connectivity index (χ4n) is 4.92. The highest BCUT2D eigenvalue weighted by molar-refractivity contribution is 5.83. The van der Waals surface area contributed by atoms with Crippen LogP contribution in [-0.4, -0.2) is 12.6 Å². The van der Waals surface area contributed by atoms with Gasteiger partial charge in [-0.05, 0) is 59.7 Å². The van der Waals surface area contributed by atoms with Gasteiger partial charge in [0.05, 0.1) is 6.61 Å². The van der Waals surface area contributed by atoms with Crippen LogP contribution in [0.15, 0.2) is 72.8 Å². The molecule has 3 heteroatoms. The van der Waals surface area contributed by atoms with E-state index in [1.54, 1.807) is 0 Å². The summed E-state index contributed by atoms with van der Waals surface area (Å²) in [6.45, 7) is 7.19. The van der Waals surface area contributed by atoms with Crippen LogP contribution in [0.25, 0.3) is 22.3 Å². The van der Waals surface area contributed by atoms with Crippen molar-refractivity contribution in [2.24, 2.45) is 0 Å². The first kappa shape index (κ1) is 30.5. The largest absolute Gasteiger partial charge is 0.494 e. The number of hydrogen-bond acceptors (Lipinski definition) is 3. The van der Waals surface area contributed by atoms with Crippen LogP contribution < -0.4 is 4.74 Å². The summed E-state index contributed by atoms with van der Waals surface area (Å²) in [5.41, 5.74) is 5.70. The molecule has 0 amide bonds. The van der Waals surface area contributed by atoms with Crippen molar-refractivity contribution in [2.45, 2.75) is 104 Å². The zero-order chi connectivity index (χ0) is 27.7. The van der Waals surface area contributed by atoms with Gasteiger partial charge in [-0.15, -0.1) is 0 Å². The van der Waals surface area contributed by atoms with Crippen LogP contribution in [0.3, 0.4) is 0 Å². The maximum Gasteiger partial charge on any atom is 0.306 e. The van der Waals surface area contributed by atoms with Crippen molar-refractivity contribution in [3.63, 3.8) is 0 Å². The lowest BCUT2D eigenvalue weighted by atomic mass is 9.93. The number of rotatable bonds is 18. The molecule has 0 aliphatic heterocycles. The molecule has 0 bridgehead atoms. The van der Waals surface area contributed by atoms with Gasteiger partial charge in [0.2, 0.25) is 0 Å². The Morgan fingerprint density at radius 1 is 0.641 bits per heavy atom. The monoisotopic (exact) mass is 528 g/mol. The quantitative estimate of drug-likeness (QED) is 0.122. The number of hydrogen-bond donors (Lipinski definition) is 0. The second-order valence-electron chi connectivity index (χ2n) is 10.6. The molecule has 1 atom stereocenters. The van der Waals surface area contributed by atoms with Gasteiger partial charge in [0, 0.05) is 6.42 Å². The lowest BCUT2D eigenvalue weighted by Gasteiger charge is -2.15.